The molecule has 0 amide bonds. The first-order valence-corrected chi connectivity index (χ1v) is 11.7. The molecule has 5 aromatic rings. The monoisotopic (exact) mass is 643 g/mol. The molecule has 0 aliphatic heterocycles. The average molecular weight is 646 g/mol. The SMILES string of the molecule is Br.O=c1c2c(Cl)cc(Cl)c(O)c2ncn1Cc1cccc(Cn2cnc3c(O)c(Cl)cc(Cl)c3c2=O)n1. The fourth-order valence-corrected chi connectivity index (χ4v) is 4.85. The molecule has 0 saturated carbocycles. The summed E-state index contributed by atoms with van der Waals surface area (Å²) < 4.78 is 2.59. The highest BCUT2D eigenvalue weighted by Crippen LogP contribution is 2.35. The van der Waals surface area contributed by atoms with Gasteiger partial charge in [0.15, 0.2) is 11.5 Å². The van der Waals surface area contributed by atoms with Crippen LogP contribution in [0, 0.1) is 0 Å². The number of fused-ring (bicyclic) bond motifs is 2. The summed E-state index contributed by atoms with van der Waals surface area (Å²) in [4.78, 5) is 38.8. The van der Waals surface area contributed by atoms with E-state index in [1.54, 1.807) is 18.2 Å². The molecule has 0 aliphatic rings. The van der Waals surface area contributed by atoms with Crippen molar-refractivity contribution in [3.63, 3.8) is 0 Å². The molecule has 0 bridgehead atoms. The molecule has 3 aromatic heterocycles. The number of pyridine rings is 1. The van der Waals surface area contributed by atoms with Crippen molar-refractivity contribution in [3.8, 4) is 11.5 Å². The Hall–Kier alpha value is -2.89. The van der Waals surface area contributed by atoms with Crippen molar-refractivity contribution in [2.75, 3.05) is 0 Å². The standard InChI is InChI=1S/C23H13Cl4N5O4.BrH/c24-12-4-14(26)20(33)18-16(12)22(35)31(8-28-18)6-10-2-1-3-11(30-10)7-32-9-29-19-17(23(32)36)13(25)5-15(27)21(19)34;/h1-5,8-9,33-34H,6-7H2;1H. The van der Waals surface area contributed by atoms with Crippen molar-refractivity contribution >= 4 is 85.2 Å². The second-order valence-corrected chi connectivity index (χ2v) is 9.43. The number of rotatable bonds is 4. The van der Waals surface area contributed by atoms with E-state index in [1.807, 2.05) is 0 Å². The molecule has 0 unspecified atom stereocenters. The van der Waals surface area contributed by atoms with Crippen LogP contribution >= 0.6 is 63.4 Å². The zero-order chi connectivity index (χ0) is 25.7. The summed E-state index contributed by atoms with van der Waals surface area (Å²) in [5.74, 6) is -0.656. The number of hydrogen-bond acceptors (Lipinski definition) is 7. The Bertz CT molecular complexity index is 1700. The minimum absolute atomic E-state index is 0. The van der Waals surface area contributed by atoms with Gasteiger partial charge in [-0.05, 0) is 24.3 Å². The van der Waals surface area contributed by atoms with Crippen LogP contribution in [0.25, 0.3) is 21.8 Å². The molecule has 190 valence electrons. The molecule has 2 N–H and O–H groups in total. The van der Waals surface area contributed by atoms with Crippen molar-refractivity contribution in [3.05, 3.63) is 95.2 Å². The lowest BCUT2D eigenvalue weighted by molar-refractivity contribution is 0.479. The van der Waals surface area contributed by atoms with Gasteiger partial charge in [-0.2, -0.15) is 0 Å². The van der Waals surface area contributed by atoms with Crippen LogP contribution in [0.2, 0.25) is 20.1 Å². The number of aromatic nitrogens is 5. The summed E-state index contributed by atoms with van der Waals surface area (Å²) in [7, 11) is 0. The molecule has 14 heteroatoms. The predicted molar refractivity (Wildman–Crippen MR) is 148 cm³/mol. The maximum absolute atomic E-state index is 13.0. The van der Waals surface area contributed by atoms with Crippen molar-refractivity contribution in [1.82, 2.24) is 24.1 Å². The highest BCUT2D eigenvalue weighted by molar-refractivity contribution is 8.93. The molecule has 5 rings (SSSR count). The number of aromatic hydroxyl groups is 2. The van der Waals surface area contributed by atoms with Gasteiger partial charge in [0.1, 0.15) is 11.0 Å². The van der Waals surface area contributed by atoms with Crippen molar-refractivity contribution in [1.29, 1.82) is 0 Å². The Morgan fingerprint density at radius 1 is 0.703 bits per heavy atom. The third-order valence-electron chi connectivity index (χ3n) is 5.49. The van der Waals surface area contributed by atoms with E-state index in [9.17, 15) is 19.8 Å². The van der Waals surface area contributed by atoms with E-state index in [0.29, 0.717) is 11.4 Å². The Labute approximate surface area is 238 Å². The van der Waals surface area contributed by atoms with E-state index >= 15 is 0 Å². The van der Waals surface area contributed by atoms with Gasteiger partial charge in [-0.1, -0.05) is 52.5 Å². The Balaban J connectivity index is 0.00000320. The quantitative estimate of drug-likeness (QED) is 0.275. The fraction of sp³-hybridized carbons (Fsp3) is 0.0870. The van der Waals surface area contributed by atoms with Gasteiger partial charge >= 0.3 is 0 Å². The molecule has 0 atom stereocenters. The zero-order valence-electron chi connectivity index (χ0n) is 18.3. The van der Waals surface area contributed by atoms with E-state index in [2.05, 4.69) is 15.0 Å². The lowest BCUT2D eigenvalue weighted by Crippen LogP contribution is -2.23. The van der Waals surface area contributed by atoms with Gasteiger partial charge in [0.2, 0.25) is 0 Å². The van der Waals surface area contributed by atoms with Crippen LogP contribution in [-0.2, 0) is 13.1 Å². The van der Waals surface area contributed by atoms with Gasteiger partial charge in [0, 0.05) is 0 Å². The lowest BCUT2D eigenvalue weighted by Gasteiger charge is -2.11. The van der Waals surface area contributed by atoms with Crippen LogP contribution in [-0.4, -0.2) is 34.3 Å². The predicted octanol–water partition coefficient (Wildman–Crippen LogP) is 5.20. The van der Waals surface area contributed by atoms with Gasteiger partial charge in [-0.3, -0.25) is 23.7 Å². The van der Waals surface area contributed by atoms with E-state index < -0.39 is 11.1 Å². The van der Waals surface area contributed by atoms with Crippen LogP contribution in [0.4, 0.5) is 0 Å². The van der Waals surface area contributed by atoms with Gasteiger partial charge in [0.05, 0.1) is 68.0 Å². The molecule has 3 heterocycles. The fourth-order valence-electron chi connectivity index (χ4n) is 3.78. The molecule has 0 radical (unpaired) electrons. The summed E-state index contributed by atoms with van der Waals surface area (Å²) in [5, 5.41) is 20.4. The maximum atomic E-state index is 13.0. The van der Waals surface area contributed by atoms with Gasteiger partial charge in [-0.15, -0.1) is 17.0 Å². The minimum Gasteiger partial charge on any atom is -0.504 e. The normalized spacial score (nSPS) is 11.1. The Morgan fingerprint density at radius 3 is 1.51 bits per heavy atom. The highest BCUT2D eigenvalue weighted by atomic mass is 79.9. The van der Waals surface area contributed by atoms with E-state index in [0.717, 1.165) is 0 Å². The van der Waals surface area contributed by atoms with Gasteiger partial charge in [0.25, 0.3) is 11.1 Å². The minimum atomic E-state index is -0.479. The van der Waals surface area contributed by atoms with Crippen LogP contribution in [0.1, 0.15) is 11.4 Å². The Kier molecular flexibility index (Phi) is 7.68. The summed E-state index contributed by atoms with van der Waals surface area (Å²) in [5.41, 5.74) is 0.0670. The summed E-state index contributed by atoms with van der Waals surface area (Å²) in [6.07, 6.45) is 2.53. The molecule has 0 spiro atoms. The van der Waals surface area contributed by atoms with E-state index in [4.69, 9.17) is 46.4 Å². The molecule has 0 aliphatic carbocycles. The van der Waals surface area contributed by atoms with E-state index in [1.165, 1.54) is 33.9 Å². The first-order chi connectivity index (χ1) is 17.2. The number of nitrogens with zero attached hydrogens (tertiary/aromatic N) is 5. The van der Waals surface area contributed by atoms with E-state index in [-0.39, 0.29) is 83.5 Å². The summed E-state index contributed by atoms with van der Waals surface area (Å²) >= 11 is 24.2. The molecule has 0 fully saturated rings. The van der Waals surface area contributed by atoms with Crippen LogP contribution in [0.15, 0.2) is 52.6 Å². The largest absolute Gasteiger partial charge is 0.504 e. The third-order valence-corrected chi connectivity index (χ3v) is 6.66. The van der Waals surface area contributed by atoms with Crippen LogP contribution in [0.3, 0.4) is 0 Å². The average Bonchev–Trinajstić information content (AvgIpc) is 2.83. The molecule has 37 heavy (non-hydrogen) atoms. The summed E-state index contributed by atoms with van der Waals surface area (Å²) in [6, 6.07) is 7.71. The number of phenolic OH excluding ortho intramolecular Hbond substituents is 2. The molecule has 9 nitrogen and oxygen atoms in total. The van der Waals surface area contributed by atoms with Crippen molar-refractivity contribution < 1.29 is 10.2 Å². The molecule has 2 aromatic carbocycles. The molecular formula is C23H14BrCl4N5O4. The number of hydrogen-bond donors (Lipinski definition) is 2. The lowest BCUT2D eigenvalue weighted by atomic mass is 10.2. The zero-order valence-corrected chi connectivity index (χ0v) is 23.1. The number of halogens is 5. The topological polar surface area (TPSA) is 123 Å². The first-order valence-electron chi connectivity index (χ1n) is 10.2. The van der Waals surface area contributed by atoms with Crippen molar-refractivity contribution in [2.24, 2.45) is 0 Å². The number of benzene rings is 2. The third kappa shape index (κ3) is 4.87. The second-order valence-electron chi connectivity index (χ2n) is 7.80. The van der Waals surface area contributed by atoms with Gasteiger partial charge < -0.3 is 10.2 Å². The van der Waals surface area contributed by atoms with Gasteiger partial charge in [-0.25, -0.2) is 9.97 Å². The molecule has 0 saturated heterocycles. The first kappa shape index (κ1) is 27.2. The smallest absolute Gasteiger partial charge is 0.263 e. The van der Waals surface area contributed by atoms with Crippen LogP contribution in [0.5, 0.6) is 11.5 Å². The highest BCUT2D eigenvalue weighted by Gasteiger charge is 2.17. The summed E-state index contributed by atoms with van der Waals surface area (Å²) in [6.45, 7) is 0.108. The van der Waals surface area contributed by atoms with Crippen LogP contribution < -0.4 is 11.1 Å². The Morgan fingerprint density at radius 2 is 1.11 bits per heavy atom. The van der Waals surface area contributed by atoms with Crippen molar-refractivity contribution in [2.45, 2.75) is 13.1 Å². The number of phenols is 2. The molecular weight excluding hydrogens is 632 g/mol. The second kappa shape index (κ2) is 10.5. The maximum Gasteiger partial charge on any atom is 0.263 e.